The van der Waals surface area contributed by atoms with E-state index in [1.54, 1.807) is 36.4 Å². The summed E-state index contributed by atoms with van der Waals surface area (Å²) in [6, 6.07) is 26.3. The summed E-state index contributed by atoms with van der Waals surface area (Å²) in [5, 5.41) is 0. The number of aryl methyl sites for hydroxylation is 1. The molecule has 1 nitrogen and oxygen atoms in total. The highest BCUT2D eigenvalue weighted by Crippen LogP contribution is 2.33. The van der Waals surface area contributed by atoms with Crippen LogP contribution in [0.5, 0.6) is 5.75 Å². The number of halogens is 2. The molecule has 32 heavy (non-hydrogen) atoms. The molecule has 0 bridgehead atoms. The minimum absolute atomic E-state index is 0.234. The van der Waals surface area contributed by atoms with Crippen LogP contribution in [0.3, 0.4) is 0 Å². The van der Waals surface area contributed by atoms with E-state index in [-0.39, 0.29) is 11.1 Å². The van der Waals surface area contributed by atoms with Crippen molar-refractivity contribution >= 4 is 0 Å². The van der Waals surface area contributed by atoms with E-state index in [2.05, 4.69) is 31.2 Å². The van der Waals surface area contributed by atoms with Crippen LogP contribution in [-0.4, -0.2) is 6.61 Å². The lowest BCUT2D eigenvalue weighted by atomic mass is 9.96. The second kappa shape index (κ2) is 9.78. The molecule has 3 heteroatoms. The number of rotatable bonds is 7. The molecule has 0 saturated heterocycles. The van der Waals surface area contributed by atoms with E-state index in [4.69, 9.17) is 4.74 Å². The maximum absolute atomic E-state index is 15.0. The van der Waals surface area contributed by atoms with Crippen molar-refractivity contribution in [1.82, 2.24) is 0 Å². The molecule has 0 fully saturated rings. The Morgan fingerprint density at radius 1 is 0.562 bits per heavy atom. The Hall–Kier alpha value is -3.46. The largest absolute Gasteiger partial charge is 0.494 e. The van der Waals surface area contributed by atoms with E-state index in [0.717, 1.165) is 24.0 Å². The highest BCUT2D eigenvalue weighted by molar-refractivity contribution is 5.74. The van der Waals surface area contributed by atoms with Gasteiger partial charge in [-0.2, -0.15) is 0 Å². The van der Waals surface area contributed by atoms with E-state index < -0.39 is 11.6 Å². The fourth-order valence-electron chi connectivity index (χ4n) is 3.89. The van der Waals surface area contributed by atoms with Gasteiger partial charge in [-0.1, -0.05) is 86.1 Å². The third-order valence-corrected chi connectivity index (χ3v) is 5.58. The predicted octanol–water partition coefficient (Wildman–Crippen LogP) is 8.32. The molecule has 4 rings (SSSR count). The van der Waals surface area contributed by atoms with Crippen LogP contribution >= 0.6 is 0 Å². The van der Waals surface area contributed by atoms with Gasteiger partial charge in [0, 0.05) is 11.1 Å². The lowest BCUT2D eigenvalue weighted by Gasteiger charge is -2.11. The summed E-state index contributed by atoms with van der Waals surface area (Å²) >= 11 is 0. The van der Waals surface area contributed by atoms with Crippen molar-refractivity contribution < 1.29 is 13.5 Å². The minimum atomic E-state index is -0.845. The zero-order valence-corrected chi connectivity index (χ0v) is 18.4. The van der Waals surface area contributed by atoms with Crippen molar-refractivity contribution in [1.29, 1.82) is 0 Å². The Bertz CT molecular complexity index is 1180. The Balaban J connectivity index is 1.59. The molecule has 0 aliphatic heterocycles. The van der Waals surface area contributed by atoms with E-state index in [0.29, 0.717) is 23.5 Å². The molecular weight excluding hydrogens is 402 g/mol. The summed E-state index contributed by atoms with van der Waals surface area (Å²) in [7, 11) is 0. The maximum Gasteiger partial charge on any atom is 0.167 e. The molecule has 0 aromatic heterocycles. The molecule has 0 radical (unpaired) electrons. The molecule has 162 valence electrons. The van der Waals surface area contributed by atoms with Crippen molar-refractivity contribution in [3.8, 4) is 39.1 Å². The molecular formula is C29H26F2O. The first-order valence-electron chi connectivity index (χ1n) is 11.0. The van der Waals surface area contributed by atoms with E-state index in [1.165, 1.54) is 5.56 Å². The van der Waals surface area contributed by atoms with Crippen LogP contribution in [0.15, 0.2) is 84.9 Å². The van der Waals surface area contributed by atoms with Gasteiger partial charge in [0.2, 0.25) is 0 Å². The lowest BCUT2D eigenvalue weighted by molar-refractivity contribution is 0.340. The topological polar surface area (TPSA) is 9.23 Å². The van der Waals surface area contributed by atoms with Gasteiger partial charge in [-0.05, 0) is 53.3 Å². The van der Waals surface area contributed by atoms with Crippen LogP contribution in [0.1, 0.15) is 25.8 Å². The summed E-state index contributed by atoms with van der Waals surface area (Å²) in [5.74, 6) is -0.982. The van der Waals surface area contributed by atoms with Crippen LogP contribution in [0.25, 0.3) is 33.4 Å². The van der Waals surface area contributed by atoms with Crippen molar-refractivity contribution in [2.75, 3.05) is 6.61 Å². The quantitative estimate of drug-likeness (QED) is 0.287. The van der Waals surface area contributed by atoms with Crippen LogP contribution in [0.2, 0.25) is 0 Å². The standard InChI is InChI=1S/C29H26F2O/c1-3-5-20-6-8-21(9-7-20)22-10-12-23(13-11-22)26-18-19-27(29(31)28(26)30)24-14-16-25(17-15-24)32-4-2/h6-19H,3-5H2,1-2H3. The van der Waals surface area contributed by atoms with Gasteiger partial charge in [-0.3, -0.25) is 0 Å². The third-order valence-electron chi connectivity index (χ3n) is 5.58. The smallest absolute Gasteiger partial charge is 0.167 e. The molecule has 0 aliphatic carbocycles. The molecule has 0 unspecified atom stereocenters. The van der Waals surface area contributed by atoms with Crippen LogP contribution in [-0.2, 0) is 6.42 Å². The minimum Gasteiger partial charge on any atom is -0.494 e. The molecule has 0 aliphatic rings. The number of hydrogen-bond acceptors (Lipinski definition) is 1. The van der Waals surface area contributed by atoms with Gasteiger partial charge in [0.25, 0.3) is 0 Å². The SMILES string of the molecule is CCCc1ccc(-c2ccc(-c3ccc(-c4ccc(OCC)cc4)c(F)c3F)cc2)cc1. The number of ether oxygens (including phenoxy) is 1. The normalized spacial score (nSPS) is 10.9. The highest BCUT2D eigenvalue weighted by Gasteiger charge is 2.16. The first-order valence-corrected chi connectivity index (χ1v) is 11.0. The monoisotopic (exact) mass is 428 g/mol. The Kier molecular flexibility index (Phi) is 6.65. The molecule has 0 saturated carbocycles. The predicted molar refractivity (Wildman–Crippen MR) is 128 cm³/mol. The molecule has 4 aromatic carbocycles. The van der Waals surface area contributed by atoms with Gasteiger partial charge in [0.15, 0.2) is 11.6 Å². The van der Waals surface area contributed by atoms with Crippen molar-refractivity contribution in [3.05, 3.63) is 102 Å². The lowest BCUT2D eigenvalue weighted by Crippen LogP contribution is -1.95. The van der Waals surface area contributed by atoms with Gasteiger partial charge in [-0.25, -0.2) is 8.78 Å². The van der Waals surface area contributed by atoms with Gasteiger partial charge < -0.3 is 4.74 Å². The van der Waals surface area contributed by atoms with E-state index in [1.807, 2.05) is 31.2 Å². The van der Waals surface area contributed by atoms with Gasteiger partial charge in [-0.15, -0.1) is 0 Å². The highest BCUT2D eigenvalue weighted by atomic mass is 19.2. The van der Waals surface area contributed by atoms with Crippen molar-refractivity contribution in [2.45, 2.75) is 26.7 Å². The summed E-state index contributed by atoms with van der Waals surface area (Å²) in [6.07, 6.45) is 2.18. The first-order chi connectivity index (χ1) is 15.6. The average molecular weight is 429 g/mol. The number of hydrogen-bond donors (Lipinski definition) is 0. The van der Waals surface area contributed by atoms with Gasteiger partial charge in [0.1, 0.15) is 5.75 Å². The van der Waals surface area contributed by atoms with Gasteiger partial charge in [0.05, 0.1) is 6.61 Å². The number of benzene rings is 4. The zero-order chi connectivity index (χ0) is 22.5. The van der Waals surface area contributed by atoms with E-state index >= 15 is 0 Å². The molecule has 0 N–H and O–H groups in total. The molecule has 4 aromatic rings. The summed E-state index contributed by atoms with van der Waals surface area (Å²) in [6.45, 7) is 4.62. The fourth-order valence-corrected chi connectivity index (χ4v) is 3.89. The molecule has 0 heterocycles. The Morgan fingerprint density at radius 3 is 1.47 bits per heavy atom. The Morgan fingerprint density at radius 2 is 1.00 bits per heavy atom. The van der Waals surface area contributed by atoms with Crippen LogP contribution in [0, 0.1) is 11.6 Å². The molecule has 0 amide bonds. The van der Waals surface area contributed by atoms with Crippen LogP contribution < -0.4 is 4.74 Å². The molecule has 0 spiro atoms. The van der Waals surface area contributed by atoms with Crippen LogP contribution in [0.4, 0.5) is 8.78 Å². The maximum atomic E-state index is 15.0. The van der Waals surface area contributed by atoms with E-state index in [9.17, 15) is 8.78 Å². The first kappa shape index (κ1) is 21.8. The van der Waals surface area contributed by atoms with Gasteiger partial charge >= 0.3 is 0 Å². The van der Waals surface area contributed by atoms with Crippen molar-refractivity contribution in [3.63, 3.8) is 0 Å². The summed E-state index contributed by atoms with van der Waals surface area (Å²) in [5.41, 5.74) is 5.21. The van der Waals surface area contributed by atoms with Crippen molar-refractivity contribution in [2.24, 2.45) is 0 Å². The fraction of sp³-hybridized carbons (Fsp3) is 0.172. The Labute approximate surface area is 188 Å². The third kappa shape index (κ3) is 4.57. The molecule has 0 atom stereocenters. The summed E-state index contributed by atoms with van der Waals surface area (Å²) < 4.78 is 35.3. The second-order valence-corrected chi connectivity index (χ2v) is 7.77. The summed E-state index contributed by atoms with van der Waals surface area (Å²) in [4.78, 5) is 0. The second-order valence-electron chi connectivity index (χ2n) is 7.77. The zero-order valence-electron chi connectivity index (χ0n) is 18.4. The average Bonchev–Trinajstić information content (AvgIpc) is 2.83.